The van der Waals surface area contributed by atoms with Gasteiger partial charge in [-0.1, -0.05) is 24.2 Å². The van der Waals surface area contributed by atoms with Crippen molar-refractivity contribution >= 4 is 5.91 Å². The third-order valence-corrected chi connectivity index (χ3v) is 3.51. The Morgan fingerprint density at radius 2 is 1.91 bits per heavy atom. The molecule has 0 aliphatic heterocycles. The maximum atomic E-state index is 11.9. The minimum absolute atomic E-state index is 0.00464. The Morgan fingerprint density at radius 3 is 2.43 bits per heavy atom. The van der Waals surface area contributed by atoms with Crippen LogP contribution in [0.5, 0.6) is 0 Å². The van der Waals surface area contributed by atoms with Gasteiger partial charge in [0.15, 0.2) is 5.82 Å². The fraction of sp³-hybridized carbons (Fsp3) is 0.438. The van der Waals surface area contributed by atoms with Crippen molar-refractivity contribution in [2.24, 2.45) is 5.73 Å². The van der Waals surface area contributed by atoms with Gasteiger partial charge in [0.1, 0.15) is 0 Å². The molecule has 1 heterocycles. The zero-order valence-corrected chi connectivity index (χ0v) is 13.8. The van der Waals surface area contributed by atoms with E-state index in [2.05, 4.69) is 22.0 Å². The minimum Gasteiger partial charge on any atom is -0.345 e. The van der Waals surface area contributed by atoms with Crippen LogP contribution in [0.4, 0.5) is 0 Å². The van der Waals surface area contributed by atoms with Crippen LogP contribution in [0, 0.1) is 0 Å². The van der Waals surface area contributed by atoms with Crippen molar-refractivity contribution < 1.29 is 9.32 Å². The molecule has 0 aliphatic carbocycles. The number of amides is 1. The van der Waals surface area contributed by atoms with E-state index >= 15 is 0 Å². The van der Waals surface area contributed by atoms with Crippen LogP contribution in [0.25, 0.3) is 0 Å². The summed E-state index contributed by atoms with van der Waals surface area (Å²) < 4.78 is 5.02. The van der Waals surface area contributed by atoms with Crippen LogP contribution in [0.2, 0.25) is 0 Å². The van der Waals surface area contributed by atoms with E-state index in [0.717, 1.165) is 18.7 Å². The first-order valence-electron chi connectivity index (χ1n) is 7.58. The number of nitrogens with two attached hydrogens (primary N) is 1. The third-order valence-electron chi connectivity index (χ3n) is 3.51. The quantitative estimate of drug-likeness (QED) is 0.827. The normalized spacial score (nSPS) is 11.0. The van der Waals surface area contributed by atoms with E-state index in [1.54, 1.807) is 19.0 Å². The molecular weight excluding hydrogens is 294 g/mol. The smallest absolute Gasteiger partial charge is 0.253 e. The van der Waals surface area contributed by atoms with E-state index in [-0.39, 0.29) is 12.5 Å². The van der Waals surface area contributed by atoms with E-state index in [1.807, 2.05) is 24.3 Å². The number of nitrogens with zero attached hydrogens (tertiary/aromatic N) is 4. The first-order chi connectivity index (χ1) is 11.0. The molecule has 0 atom stereocenters. The summed E-state index contributed by atoms with van der Waals surface area (Å²) >= 11 is 0. The lowest BCUT2D eigenvalue weighted by Gasteiger charge is -2.18. The maximum Gasteiger partial charge on any atom is 0.253 e. The number of carbonyl (C=O) groups excluding carboxylic acids is 1. The summed E-state index contributed by atoms with van der Waals surface area (Å²) in [5, 5.41) is 3.92. The van der Waals surface area contributed by atoms with E-state index in [0.29, 0.717) is 23.8 Å². The van der Waals surface area contributed by atoms with Crippen molar-refractivity contribution in [2.75, 3.05) is 20.6 Å². The largest absolute Gasteiger partial charge is 0.345 e. The molecule has 0 bridgehead atoms. The molecule has 1 aromatic heterocycles. The summed E-state index contributed by atoms with van der Waals surface area (Å²) in [6, 6.07) is 7.65. The summed E-state index contributed by atoms with van der Waals surface area (Å²) in [5.41, 5.74) is 7.29. The van der Waals surface area contributed by atoms with Crippen molar-refractivity contribution in [2.45, 2.75) is 26.6 Å². The molecular formula is C16H23N5O2. The van der Waals surface area contributed by atoms with Crippen LogP contribution in [0.15, 0.2) is 28.8 Å². The first-order valence-corrected chi connectivity index (χ1v) is 7.58. The molecule has 1 aromatic carbocycles. The van der Waals surface area contributed by atoms with Crippen molar-refractivity contribution in [1.82, 2.24) is 19.9 Å². The first kappa shape index (κ1) is 17.1. The molecule has 2 N–H and O–H groups in total. The fourth-order valence-electron chi connectivity index (χ4n) is 2.19. The van der Waals surface area contributed by atoms with Crippen LogP contribution in [0.1, 0.15) is 34.6 Å². The molecule has 7 heteroatoms. The van der Waals surface area contributed by atoms with Gasteiger partial charge < -0.3 is 15.2 Å². The Morgan fingerprint density at radius 1 is 1.22 bits per heavy atom. The Balaban J connectivity index is 1.99. The molecule has 0 saturated heterocycles. The van der Waals surface area contributed by atoms with Gasteiger partial charge in [0.25, 0.3) is 5.91 Å². The summed E-state index contributed by atoms with van der Waals surface area (Å²) in [6.45, 7) is 4.52. The number of rotatable bonds is 7. The third kappa shape index (κ3) is 4.61. The average molecular weight is 317 g/mol. The van der Waals surface area contributed by atoms with Crippen molar-refractivity contribution in [3.05, 3.63) is 47.1 Å². The molecule has 2 rings (SSSR count). The van der Waals surface area contributed by atoms with Crippen LogP contribution >= 0.6 is 0 Å². The SMILES string of the molecule is CCN(Cc1ccc(C(=O)N(C)C)cc1)Cc1noc(CN)n1. The summed E-state index contributed by atoms with van der Waals surface area (Å²) in [7, 11) is 3.49. The lowest BCUT2D eigenvalue weighted by molar-refractivity contribution is 0.0827. The molecule has 7 nitrogen and oxygen atoms in total. The molecule has 0 spiro atoms. The van der Waals surface area contributed by atoms with Gasteiger partial charge in [-0.15, -0.1) is 0 Å². The van der Waals surface area contributed by atoms with E-state index in [4.69, 9.17) is 10.3 Å². The molecule has 0 aliphatic rings. The minimum atomic E-state index is 0.00464. The van der Waals surface area contributed by atoms with Crippen LogP contribution in [-0.2, 0) is 19.6 Å². The Bertz CT molecular complexity index is 636. The van der Waals surface area contributed by atoms with Crippen molar-refractivity contribution in [3.8, 4) is 0 Å². The Labute approximate surface area is 136 Å². The van der Waals surface area contributed by atoms with E-state index < -0.39 is 0 Å². The van der Waals surface area contributed by atoms with Gasteiger partial charge >= 0.3 is 0 Å². The number of aromatic nitrogens is 2. The predicted octanol–water partition coefficient (Wildman–Crippen LogP) is 1.25. The van der Waals surface area contributed by atoms with Gasteiger partial charge in [0.2, 0.25) is 5.89 Å². The zero-order valence-electron chi connectivity index (χ0n) is 13.8. The highest BCUT2D eigenvalue weighted by Crippen LogP contribution is 2.11. The lowest BCUT2D eigenvalue weighted by atomic mass is 10.1. The molecule has 1 amide bonds. The van der Waals surface area contributed by atoms with Gasteiger partial charge in [-0.2, -0.15) is 4.98 Å². The molecule has 23 heavy (non-hydrogen) atoms. The molecule has 2 aromatic rings. The zero-order chi connectivity index (χ0) is 16.8. The standard InChI is InChI=1S/C16H23N5O2/c1-4-21(11-14-18-15(9-17)23-19-14)10-12-5-7-13(8-6-12)16(22)20(2)3/h5-8H,4,9-11,17H2,1-3H3. The van der Waals surface area contributed by atoms with Gasteiger partial charge in [-0.25, -0.2) is 0 Å². The number of hydrogen-bond donors (Lipinski definition) is 1. The Hall–Kier alpha value is -2.25. The molecule has 0 saturated carbocycles. The predicted molar refractivity (Wildman–Crippen MR) is 86.4 cm³/mol. The summed E-state index contributed by atoms with van der Waals surface area (Å²) in [6.07, 6.45) is 0. The van der Waals surface area contributed by atoms with Gasteiger partial charge in [0, 0.05) is 26.2 Å². The summed E-state index contributed by atoms with van der Waals surface area (Å²) in [5.74, 6) is 1.08. The molecule has 0 unspecified atom stereocenters. The highest BCUT2D eigenvalue weighted by Gasteiger charge is 2.12. The van der Waals surface area contributed by atoms with Crippen LogP contribution in [-0.4, -0.2) is 46.5 Å². The van der Waals surface area contributed by atoms with Gasteiger partial charge in [0.05, 0.1) is 13.1 Å². The topological polar surface area (TPSA) is 88.5 Å². The number of benzene rings is 1. The average Bonchev–Trinajstić information content (AvgIpc) is 3.01. The second kappa shape index (κ2) is 7.85. The monoisotopic (exact) mass is 317 g/mol. The van der Waals surface area contributed by atoms with Crippen LogP contribution < -0.4 is 5.73 Å². The lowest BCUT2D eigenvalue weighted by Crippen LogP contribution is -2.23. The number of hydrogen-bond acceptors (Lipinski definition) is 6. The Kier molecular flexibility index (Phi) is 5.84. The fourth-order valence-corrected chi connectivity index (χ4v) is 2.19. The van der Waals surface area contributed by atoms with E-state index in [9.17, 15) is 4.79 Å². The molecule has 0 fully saturated rings. The molecule has 0 radical (unpaired) electrons. The second-order valence-electron chi connectivity index (χ2n) is 5.51. The van der Waals surface area contributed by atoms with Gasteiger partial charge in [-0.3, -0.25) is 9.69 Å². The molecule has 124 valence electrons. The highest BCUT2D eigenvalue weighted by atomic mass is 16.5. The van der Waals surface area contributed by atoms with Crippen molar-refractivity contribution in [1.29, 1.82) is 0 Å². The van der Waals surface area contributed by atoms with Crippen LogP contribution in [0.3, 0.4) is 0 Å². The van der Waals surface area contributed by atoms with Gasteiger partial charge in [-0.05, 0) is 24.2 Å². The maximum absolute atomic E-state index is 11.9. The number of carbonyl (C=O) groups is 1. The second-order valence-corrected chi connectivity index (χ2v) is 5.51. The van der Waals surface area contributed by atoms with E-state index in [1.165, 1.54) is 0 Å². The highest BCUT2D eigenvalue weighted by molar-refractivity contribution is 5.93. The van der Waals surface area contributed by atoms with Crippen molar-refractivity contribution in [3.63, 3.8) is 0 Å². The summed E-state index contributed by atoms with van der Waals surface area (Å²) in [4.78, 5) is 19.9.